The maximum atomic E-state index is 12.2. The Labute approximate surface area is 157 Å². The van der Waals surface area contributed by atoms with Crippen LogP contribution in [0, 0.1) is 12.3 Å². The average molecular weight is 382 g/mol. The van der Waals surface area contributed by atoms with Crippen molar-refractivity contribution in [3.63, 3.8) is 0 Å². The molecule has 0 saturated heterocycles. The van der Waals surface area contributed by atoms with Gasteiger partial charge in [-0.2, -0.15) is 4.72 Å². The Morgan fingerprint density at radius 1 is 1.15 bits per heavy atom. The highest BCUT2D eigenvalue weighted by Gasteiger charge is 2.14. The Hall–Kier alpha value is -3.15. The van der Waals surface area contributed by atoms with E-state index in [9.17, 15) is 13.2 Å². The van der Waals surface area contributed by atoms with Crippen molar-refractivity contribution in [2.24, 2.45) is 0 Å². The third-order valence-corrected chi connectivity index (χ3v) is 5.29. The van der Waals surface area contributed by atoms with Gasteiger partial charge < -0.3 is 10.3 Å². The van der Waals surface area contributed by atoms with Gasteiger partial charge in [0.1, 0.15) is 5.82 Å². The highest BCUT2D eigenvalue weighted by Crippen LogP contribution is 2.11. The van der Waals surface area contributed by atoms with Crippen molar-refractivity contribution in [1.82, 2.24) is 20.0 Å². The lowest BCUT2D eigenvalue weighted by molar-refractivity contribution is 0.0954. The lowest BCUT2D eigenvalue weighted by atomic mass is 10.2. The SMILES string of the molecule is C#CCNS(=O)(=O)c1ccc(C(=O)NCCc2nc3ccccc3[nH]2)cc1. The van der Waals surface area contributed by atoms with Crippen molar-refractivity contribution in [2.75, 3.05) is 13.1 Å². The van der Waals surface area contributed by atoms with Gasteiger partial charge in [0.05, 0.1) is 22.5 Å². The van der Waals surface area contributed by atoms with Gasteiger partial charge in [0.25, 0.3) is 5.91 Å². The monoisotopic (exact) mass is 382 g/mol. The van der Waals surface area contributed by atoms with Gasteiger partial charge in [-0.1, -0.05) is 18.1 Å². The van der Waals surface area contributed by atoms with Crippen LogP contribution >= 0.6 is 0 Å². The van der Waals surface area contributed by atoms with Gasteiger partial charge >= 0.3 is 0 Å². The second-order valence-electron chi connectivity index (χ2n) is 5.76. The number of carbonyl (C=O) groups is 1. The summed E-state index contributed by atoms with van der Waals surface area (Å²) >= 11 is 0. The number of carbonyl (C=O) groups excluding carboxylic acids is 1. The molecule has 7 nitrogen and oxygen atoms in total. The number of para-hydroxylation sites is 2. The smallest absolute Gasteiger partial charge is 0.251 e. The molecule has 0 atom stereocenters. The van der Waals surface area contributed by atoms with E-state index < -0.39 is 10.0 Å². The molecule has 3 N–H and O–H groups in total. The summed E-state index contributed by atoms with van der Waals surface area (Å²) < 4.78 is 26.2. The maximum absolute atomic E-state index is 12.2. The molecule has 1 aromatic heterocycles. The van der Waals surface area contributed by atoms with Crippen LogP contribution in [-0.4, -0.2) is 37.4 Å². The van der Waals surface area contributed by atoms with Gasteiger partial charge in [0.2, 0.25) is 10.0 Å². The summed E-state index contributed by atoms with van der Waals surface area (Å²) in [5.74, 6) is 2.71. The Kier molecular flexibility index (Phi) is 5.54. The van der Waals surface area contributed by atoms with Crippen LogP contribution in [-0.2, 0) is 16.4 Å². The summed E-state index contributed by atoms with van der Waals surface area (Å²) in [6.07, 6.45) is 5.61. The zero-order valence-electron chi connectivity index (χ0n) is 14.4. The van der Waals surface area contributed by atoms with E-state index in [0.717, 1.165) is 16.9 Å². The standard InChI is InChI=1S/C19H18N4O3S/c1-2-12-21-27(25,26)15-9-7-14(8-10-15)19(24)20-13-11-18-22-16-5-3-4-6-17(16)23-18/h1,3-10,21H,11-13H2,(H,20,24)(H,22,23). The highest BCUT2D eigenvalue weighted by atomic mass is 32.2. The van der Waals surface area contributed by atoms with E-state index in [0.29, 0.717) is 18.5 Å². The summed E-state index contributed by atoms with van der Waals surface area (Å²) in [6.45, 7) is 0.314. The van der Waals surface area contributed by atoms with Crippen LogP contribution in [0.5, 0.6) is 0 Å². The molecule has 27 heavy (non-hydrogen) atoms. The van der Waals surface area contributed by atoms with Gasteiger partial charge in [-0.15, -0.1) is 6.42 Å². The number of hydrogen-bond donors (Lipinski definition) is 3. The van der Waals surface area contributed by atoms with Crippen LogP contribution in [0.2, 0.25) is 0 Å². The Morgan fingerprint density at radius 3 is 2.59 bits per heavy atom. The number of aromatic amines is 1. The highest BCUT2D eigenvalue weighted by molar-refractivity contribution is 7.89. The Bertz CT molecular complexity index is 1060. The molecule has 0 radical (unpaired) electrons. The van der Waals surface area contributed by atoms with E-state index in [1.54, 1.807) is 0 Å². The number of terminal acetylenes is 1. The number of sulfonamides is 1. The van der Waals surface area contributed by atoms with E-state index in [1.165, 1.54) is 24.3 Å². The molecule has 0 aliphatic heterocycles. The fourth-order valence-electron chi connectivity index (χ4n) is 2.53. The van der Waals surface area contributed by atoms with Gasteiger partial charge in [0, 0.05) is 18.5 Å². The molecule has 0 fully saturated rings. The molecule has 0 aliphatic carbocycles. The molecule has 8 heteroatoms. The number of imidazole rings is 1. The average Bonchev–Trinajstić information content (AvgIpc) is 3.09. The van der Waals surface area contributed by atoms with Gasteiger partial charge in [-0.25, -0.2) is 13.4 Å². The number of H-pyrrole nitrogens is 1. The number of amides is 1. The predicted octanol–water partition coefficient (Wildman–Crippen LogP) is 1.45. The first kappa shape index (κ1) is 18.6. The van der Waals surface area contributed by atoms with Crippen molar-refractivity contribution in [3.05, 3.63) is 59.9 Å². The summed E-state index contributed by atoms with van der Waals surface area (Å²) in [7, 11) is -3.67. The van der Waals surface area contributed by atoms with Crippen LogP contribution in [0.3, 0.4) is 0 Å². The number of hydrogen-bond acceptors (Lipinski definition) is 4. The topological polar surface area (TPSA) is 104 Å². The van der Waals surface area contributed by atoms with Crippen LogP contribution in [0.4, 0.5) is 0 Å². The quantitative estimate of drug-likeness (QED) is 0.538. The maximum Gasteiger partial charge on any atom is 0.251 e. The molecular formula is C19H18N4O3S. The lowest BCUT2D eigenvalue weighted by Crippen LogP contribution is -2.26. The first-order valence-electron chi connectivity index (χ1n) is 8.24. The molecule has 138 valence electrons. The van der Waals surface area contributed by atoms with Crippen LogP contribution in [0.1, 0.15) is 16.2 Å². The van der Waals surface area contributed by atoms with Crippen molar-refractivity contribution < 1.29 is 13.2 Å². The largest absolute Gasteiger partial charge is 0.352 e. The van der Waals surface area contributed by atoms with Crippen molar-refractivity contribution in [3.8, 4) is 12.3 Å². The number of benzene rings is 2. The molecule has 1 amide bonds. The first-order chi connectivity index (χ1) is 13.0. The van der Waals surface area contributed by atoms with Crippen LogP contribution in [0.15, 0.2) is 53.4 Å². The third kappa shape index (κ3) is 4.53. The molecule has 3 rings (SSSR count). The summed E-state index contributed by atoms with van der Waals surface area (Å²) in [4.78, 5) is 19.9. The fourth-order valence-corrected chi connectivity index (χ4v) is 3.46. The van der Waals surface area contributed by atoms with Crippen LogP contribution < -0.4 is 10.0 Å². The lowest BCUT2D eigenvalue weighted by Gasteiger charge is -2.06. The summed E-state index contributed by atoms with van der Waals surface area (Å²) in [5, 5.41) is 2.79. The Balaban J connectivity index is 1.57. The van der Waals surface area contributed by atoms with Gasteiger partial charge in [-0.05, 0) is 36.4 Å². The summed E-state index contributed by atoms with van der Waals surface area (Å²) in [5.41, 5.74) is 2.21. The zero-order valence-corrected chi connectivity index (χ0v) is 15.2. The van der Waals surface area contributed by atoms with E-state index >= 15 is 0 Å². The number of rotatable bonds is 7. The molecule has 0 unspecified atom stereocenters. The van der Waals surface area contributed by atoms with Gasteiger partial charge in [0.15, 0.2) is 0 Å². The van der Waals surface area contributed by atoms with E-state index in [2.05, 4.69) is 25.9 Å². The van der Waals surface area contributed by atoms with E-state index in [1.807, 2.05) is 24.3 Å². The van der Waals surface area contributed by atoms with Crippen molar-refractivity contribution >= 4 is 27.0 Å². The minimum Gasteiger partial charge on any atom is -0.352 e. The number of fused-ring (bicyclic) bond motifs is 1. The Morgan fingerprint density at radius 2 is 1.89 bits per heavy atom. The third-order valence-electron chi connectivity index (χ3n) is 3.88. The molecule has 2 aromatic carbocycles. The minimum absolute atomic E-state index is 0.0524. The molecule has 0 spiro atoms. The van der Waals surface area contributed by atoms with Crippen molar-refractivity contribution in [2.45, 2.75) is 11.3 Å². The van der Waals surface area contributed by atoms with E-state index in [4.69, 9.17) is 6.42 Å². The molecule has 0 aliphatic rings. The number of nitrogens with zero attached hydrogens (tertiary/aromatic N) is 1. The summed E-state index contributed by atoms with van der Waals surface area (Å²) in [6, 6.07) is 13.4. The van der Waals surface area contributed by atoms with Gasteiger partial charge in [-0.3, -0.25) is 4.79 Å². The second kappa shape index (κ2) is 8.03. The van der Waals surface area contributed by atoms with E-state index in [-0.39, 0.29) is 17.3 Å². The molecule has 1 heterocycles. The molecule has 0 bridgehead atoms. The molecule has 0 saturated carbocycles. The fraction of sp³-hybridized carbons (Fsp3) is 0.158. The minimum atomic E-state index is -3.67. The second-order valence-corrected chi connectivity index (χ2v) is 7.53. The van der Waals surface area contributed by atoms with Crippen molar-refractivity contribution in [1.29, 1.82) is 0 Å². The first-order valence-corrected chi connectivity index (χ1v) is 9.73. The number of nitrogens with one attached hydrogen (secondary N) is 3. The predicted molar refractivity (Wildman–Crippen MR) is 103 cm³/mol. The molecule has 3 aromatic rings. The van der Waals surface area contributed by atoms with Crippen LogP contribution in [0.25, 0.3) is 11.0 Å². The zero-order chi connectivity index (χ0) is 19.3. The molecular weight excluding hydrogens is 364 g/mol. The normalized spacial score (nSPS) is 11.2. The number of aromatic nitrogens is 2.